The van der Waals surface area contributed by atoms with Gasteiger partial charge in [0.25, 0.3) is 0 Å². The number of hydrogen-bond donors (Lipinski definition) is 0. The minimum atomic E-state index is 0.159. The average Bonchev–Trinajstić information content (AvgIpc) is 2.12. The van der Waals surface area contributed by atoms with E-state index < -0.39 is 0 Å². The normalized spacial score (nSPS) is 21.4. The monoisotopic (exact) mass is 256 g/mol. The standard InChI is InChI=1S/C10H9BrOS/c1-6-5-13-9-3-2-7(11)4-8(9)10(6)12/h2-4,6H,5H2,1H3/t6-/m0/s1. The predicted octanol–water partition coefficient (Wildman–Crippen LogP) is 3.37. The summed E-state index contributed by atoms with van der Waals surface area (Å²) in [4.78, 5) is 12.9. The lowest BCUT2D eigenvalue weighted by molar-refractivity contribution is 0.0936. The van der Waals surface area contributed by atoms with E-state index in [9.17, 15) is 4.79 Å². The van der Waals surface area contributed by atoms with Crippen LogP contribution in [0.5, 0.6) is 0 Å². The van der Waals surface area contributed by atoms with Crippen LogP contribution in [-0.4, -0.2) is 11.5 Å². The average molecular weight is 257 g/mol. The van der Waals surface area contributed by atoms with Crippen LogP contribution in [0.4, 0.5) is 0 Å². The Morgan fingerprint density at radius 3 is 3.08 bits per heavy atom. The number of fused-ring (bicyclic) bond motifs is 1. The van der Waals surface area contributed by atoms with E-state index in [0.717, 1.165) is 20.7 Å². The number of benzene rings is 1. The van der Waals surface area contributed by atoms with Gasteiger partial charge in [-0.15, -0.1) is 11.8 Å². The van der Waals surface area contributed by atoms with Crippen LogP contribution in [0.3, 0.4) is 0 Å². The van der Waals surface area contributed by atoms with Gasteiger partial charge in [-0.3, -0.25) is 4.79 Å². The Bertz CT molecular complexity index is 362. The second-order valence-electron chi connectivity index (χ2n) is 3.22. The number of carbonyl (C=O) groups excluding carboxylic acids is 1. The van der Waals surface area contributed by atoms with Gasteiger partial charge in [-0.25, -0.2) is 0 Å². The van der Waals surface area contributed by atoms with Crippen molar-refractivity contribution in [1.29, 1.82) is 0 Å². The predicted molar refractivity (Wildman–Crippen MR) is 58.4 cm³/mol. The van der Waals surface area contributed by atoms with E-state index in [4.69, 9.17) is 0 Å². The van der Waals surface area contributed by atoms with Crippen molar-refractivity contribution in [2.24, 2.45) is 5.92 Å². The van der Waals surface area contributed by atoms with Gasteiger partial charge in [0.15, 0.2) is 5.78 Å². The summed E-state index contributed by atoms with van der Waals surface area (Å²) in [6, 6.07) is 5.91. The Kier molecular flexibility index (Phi) is 2.47. The molecule has 13 heavy (non-hydrogen) atoms. The molecule has 0 saturated heterocycles. The number of Topliss-reactive ketones (excluding diaryl/α,β-unsaturated/α-hetero) is 1. The van der Waals surface area contributed by atoms with Gasteiger partial charge in [-0.05, 0) is 18.2 Å². The molecule has 0 saturated carbocycles. The van der Waals surface area contributed by atoms with Gasteiger partial charge in [0, 0.05) is 26.6 Å². The van der Waals surface area contributed by atoms with E-state index in [1.807, 2.05) is 25.1 Å². The smallest absolute Gasteiger partial charge is 0.167 e. The zero-order valence-corrected chi connectivity index (χ0v) is 9.61. The molecule has 0 unspecified atom stereocenters. The summed E-state index contributed by atoms with van der Waals surface area (Å²) in [7, 11) is 0. The minimum Gasteiger partial charge on any atom is -0.294 e. The van der Waals surface area contributed by atoms with Crippen LogP contribution in [0.2, 0.25) is 0 Å². The molecular weight excluding hydrogens is 248 g/mol. The molecule has 1 aromatic carbocycles. The Labute approximate surface area is 90.0 Å². The molecule has 1 aromatic rings. The molecule has 0 aromatic heterocycles. The molecule has 0 fully saturated rings. The molecule has 0 N–H and O–H groups in total. The van der Waals surface area contributed by atoms with Crippen LogP contribution in [-0.2, 0) is 0 Å². The molecule has 1 nitrogen and oxygen atoms in total. The van der Waals surface area contributed by atoms with Gasteiger partial charge in [0.1, 0.15) is 0 Å². The maximum absolute atomic E-state index is 11.7. The molecular formula is C10H9BrOS. The van der Waals surface area contributed by atoms with Crippen molar-refractivity contribution in [3.05, 3.63) is 28.2 Å². The first kappa shape index (κ1) is 9.28. The molecule has 0 bridgehead atoms. The van der Waals surface area contributed by atoms with Crippen molar-refractivity contribution in [3.8, 4) is 0 Å². The lowest BCUT2D eigenvalue weighted by Crippen LogP contribution is -2.18. The minimum absolute atomic E-state index is 0.159. The summed E-state index contributed by atoms with van der Waals surface area (Å²) >= 11 is 5.14. The van der Waals surface area contributed by atoms with Crippen molar-refractivity contribution >= 4 is 33.5 Å². The summed E-state index contributed by atoms with van der Waals surface area (Å²) in [6.07, 6.45) is 0. The van der Waals surface area contributed by atoms with Gasteiger partial charge in [-0.1, -0.05) is 22.9 Å². The molecule has 0 radical (unpaired) electrons. The van der Waals surface area contributed by atoms with Crippen molar-refractivity contribution in [1.82, 2.24) is 0 Å². The summed E-state index contributed by atoms with van der Waals surface area (Å²) in [5, 5.41) is 0. The number of rotatable bonds is 0. The first-order valence-electron chi connectivity index (χ1n) is 4.15. The Morgan fingerprint density at radius 2 is 2.31 bits per heavy atom. The second-order valence-corrected chi connectivity index (χ2v) is 5.19. The third-order valence-corrected chi connectivity index (χ3v) is 3.97. The maximum Gasteiger partial charge on any atom is 0.167 e. The first-order chi connectivity index (χ1) is 6.18. The van der Waals surface area contributed by atoms with Crippen molar-refractivity contribution in [2.75, 3.05) is 5.75 Å². The lowest BCUT2D eigenvalue weighted by Gasteiger charge is -2.19. The van der Waals surface area contributed by atoms with Gasteiger partial charge in [0.05, 0.1) is 0 Å². The molecule has 1 aliphatic rings. The fraction of sp³-hybridized carbons (Fsp3) is 0.300. The molecule has 0 spiro atoms. The fourth-order valence-corrected chi connectivity index (χ4v) is 2.80. The fourth-order valence-electron chi connectivity index (χ4n) is 1.38. The molecule has 1 aliphatic heterocycles. The Morgan fingerprint density at radius 1 is 1.54 bits per heavy atom. The van der Waals surface area contributed by atoms with E-state index in [1.54, 1.807) is 11.8 Å². The van der Waals surface area contributed by atoms with Gasteiger partial charge in [0.2, 0.25) is 0 Å². The van der Waals surface area contributed by atoms with E-state index in [0.29, 0.717) is 0 Å². The second kappa shape index (κ2) is 3.46. The lowest BCUT2D eigenvalue weighted by atomic mass is 10.0. The highest BCUT2D eigenvalue weighted by molar-refractivity contribution is 9.10. The summed E-state index contributed by atoms with van der Waals surface area (Å²) in [6.45, 7) is 1.99. The summed E-state index contributed by atoms with van der Waals surface area (Å²) in [5.41, 5.74) is 0.873. The number of carbonyl (C=O) groups is 1. The van der Waals surface area contributed by atoms with Gasteiger partial charge in [-0.2, -0.15) is 0 Å². The number of thioether (sulfide) groups is 1. The van der Waals surface area contributed by atoms with Crippen LogP contribution in [0.1, 0.15) is 17.3 Å². The maximum atomic E-state index is 11.7. The van der Waals surface area contributed by atoms with E-state index in [1.165, 1.54) is 0 Å². The zero-order valence-electron chi connectivity index (χ0n) is 7.21. The van der Waals surface area contributed by atoms with E-state index >= 15 is 0 Å². The first-order valence-corrected chi connectivity index (χ1v) is 5.93. The van der Waals surface area contributed by atoms with Crippen LogP contribution < -0.4 is 0 Å². The van der Waals surface area contributed by atoms with Crippen molar-refractivity contribution < 1.29 is 4.79 Å². The quantitative estimate of drug-likeness (QED) is 0.708. The van der Waals surface area contributed by atoms with Gasteiger partial charge >= 0.3 is 0 Å². The van der Waals surface area contributed by atoms with Crippen molar-refractivity contribution in [2.45, 2.75) is 11.8 Å². The SMILES string of the molecule is C[C@H]1CSc2ccc(Br)cc2C1=O. The molecule has 0 amide bonds. The molecule has 0 aliphatic carbocycles. The highest BCUT2D eigenvalue weighted by Crippen LogP contribution is 2.34. The van der Waals surface area contributed by atoms with Crippen LogP contribution in [0.15, 0.2) is 27.6 Å². The third kappa shape index (κ3) is 1.67. The molecule has 1 heterocycles. The van der Waals surface area contributed by atoms with Crippen molar-refractivity contribution in [3.63, 3.8) is 0 Å². The van der Waals surface area contributed by atoms with E-state index in [2.05, 4.69) is 15.9 Å². The topological polar surface area (TPSA) is 17.1 Å². The largest absolute Gasteiger partial charge is 0.294 e. The Balaban J connectivity index is 2.51. The zero-order chi connectivity index (χ0) is 9.42. The molecule has 1 atom stereocenters. The number of halogens is 1. The molecule has 2 rings (SSSR count). The summed E-state index contributed by atoms with van der Waals surface area (Å²) in [5.74, 6) is 1.34. The van der Waals surface area contributed by atoms with Crippen LogP contribution in [0, 0.1) is 5.92 Å². The number of hydrogen-bond acceptors (Lipinski definition) is 2. The highest BCUT2D eigenvalue weighted by atomic mass is 79.9. The summed E-state index contributed by atoms with van der Waals surface area (Å²) < 4.78 is 0.981. The van der Waals surface area contributed by atoms with Crippen LogP contribution in [0.25, 0.3) is 0 Å². The highest BCUT2D eigenvalue weighted by Gasteiger charge is 2.24. The van der Waals surface area contributed by atoms with Gasteiger partial charge < -0.3 is 0 Å². The molecule has 3 heteroatoms. The third-order valence-electron chi connectivity index (χ3n) is 2.14. The number of ketones is 1. The van der Waals surface area contributed by atoms with E-state index in [-0.39, 0.29) is 11.7 Å². The molecule has 68 valence electrons. The Hall–Kier alpha value is -0.280. The van der Waals surface area contributed by atoms with Crippen LogP contribution >= 0.6 is 27.7 Å².